The summed E-state index contributed by atoms with van der Waals surface area (Å²) in [6, 6.07) is 5.01. The molecule has 0 radical (unpaired) electrons. The Kier molecular flexibility index (Phi) is 2.37. The van der Waals surface area contributed by atoms with E-state index >= 15 is 0 Å². The molecule has 0 spiro atoms. The van der Waals surface area contributed by atoms with Gasteiger partial charge in [-0.05, 0) is 19.1 Å². The molecule has 3 N–H and O–H groups in total. The van der Waals surface area contributed by atoms with E-state index < -0.39 is 6.29 Å². The average Bonchev–Trinajstić information content (AvgIpc) is 2.60. The molecule has 1 aromatic carbocycles. The molecule has 1 atom stereocenters. The van der Waals surface area contributed by atoms with Crippen molar-refractivity contribution in [2.75, 3.05) is 12.3 Å². The van der Waals surface area contributed by atoms with E-state index in [1.165, 1.54) is 0 Å². The molecule has 0 aromatic heterocycles. The van der Waals surface area contributed by atoms with Crippen LogP contribution >= 0.6 is 0 Å². The van der Waals surface area contributed by atoms with Crippen molar-refractivity contribution in [1.29, 1.82) is 0 Å². The van der Waals surface area contributed by atoms with Crippen molar-refractivity contribution < 1.29 is 14.3 Å². The van der Waals surface area contributed by atoms with Crippen LogP contribution in [0.5, 0.6) is 11.5 Å². The standard InChI is InChI=1S/C10H12N2O3/c1-2-12-9(13)10-14-7-4-3-6(11)5-8(7)15-10/h3-5,10H,2,11H2,1H3,(H,12,13). The lowest BCUT2D eigenvalue weighted by Gasteiger charge is -2.08. The van der Waals surface area contributed by atoms with Gasteiger partial charge in [-0.2, -0.15) is 0 Å². The Bertz CT molecular complexity index is 392. The monoisotopic (exact) mass is 208 g/mol. The van der Waals surface area contributed by atoms with Crippen LogP contribution in [0.25, 0.3) is 0 Å². The normalized spacial score (nSPS) is 17.5. The van der Waals surface area contributed by atoms with Crippen molar-refractivity contribution in [3.63, 3.8) is 0 Å². The zero-order valence-corrected chi connectivity index (χ0v) is 8.32. The maximum absolute atomic E-state index is 11.4. The predicted molar refractivity (Wildman–Crippen MR) is 54.6 cm³/mol. The molecule has 1 aliphatic heterocycles. The quantitative estimate of drug-likeness (QED) is 0.694. The van der Waals surface area contributed by atoms with Gasteiger partial charge < -0.3 is 20.5 Å². The van der Waals surface area contributed by atoms with E-state index in [-0.39, 0.29) is 5.91 Å². The summed E-state index contributed by atoms with van der Waals surface area (Å²) in [7, 11) is 0. The number of likely N-dealkylation sites (N-methyl/N-ethyl adjacent to an activating group) is 1. The van der Waals surface area contributed by atoms with Crippen LogP contribution in [-0.4, -0.2) is 18.7 Å². The number of rotatable bonds is 2. The second kappa shape index (κ2) is 3.68. The number of amides is 1. The van der Waals surface area contributed by atoms with Crippen molar-refractivity contribution in [3.8, 4) is 11.5 Å². The van der Waals surface area contributed by atoms with Crippen LogP contribution in [0.2, 0.25) is 0 Å². The first-order valence-corrected chi connectivity index (χ1v) is 4.71. The molecule has 5 heteroatoms. The number of carbonyl (C=O) groups excluding carboxylic acids is 1. The van der Waals surface area contributed by atoms with Crippen LogP contribution < -0.4 is 20.5 Å². The average molecular weight is 208 g/mol. The molecule has 0 saturated carbocycles. The highest BCUT2D eigenvalue weighted by atomic mass is 16.7. The van der Waals surface area contributed by atoms with E-state index in [1.54, 1.807) is 18.2 Å². The second-order valence-corrected chi connectivity index (χ2v) is 3.17. The Balaban J connectivity index is 2.12. The molecule has 0 saturated heterocycles. The van der Waals surface area contributed by atoms with Crippen LogP contribution in [0.4, 0.5) is 5.69 Å². The number of nitrogens with one attached hydrogen (secondary N) is 1. The van der Waals surface area contributed by atoms with Crippen molar-refractivity contribution in [2.24, 2.45) is 0 Å². The second-order valence-electron chi connectivity index (χ2n) is 3.17. The number of nitrogen functional groups attached to an aromatic ring is 1. The fraction of sp³-hybridized carbons (Fsp3) is 0.300. The van der Waals surface area contributed by atoms with Gasteiger partial charge in [0.2, 0.25) is 0 Å². The van der Waals surface area contributed by atoms with Gasteiger partial charge in [0.15, 0.2) is 11.5 Å². The van der Waals surface area contributed by atoms with E-state index in [9.17, 15) is 4.79 Å². The summed E-state index contributed by atoms with van der Waals surface area (Å²) in [4.78, 5) is 11.4. The van der Waals surface area contributed by atoms with Crippen LogP contribution in [0.1, 0.15) is 6.92 Å². The molecule has 1 amide bonds. The van der Waals surface area contributed by atoms with Crippen LogP contribution in [0, 0.1) is 0 Å². The number of nitrogens with two attached hydrogens (primary N) is 1. The predicted octanol–water partition coefficient (Wildman–Crippen LogP) is 0.502. The van der Waals surface area contributed by atoms with Crippen molar-refractivity contribution in [1.82, 2.24) is 5.32 Å². The van der Waals surface area contributed by atoms with Crippen molar-refractivity contribution >= 4 is 11.6 Å². The highest BCUT2D eigenvalue weighted by Crippen LogP contribution is 2.35. The summed E-state index contributed by atoms with van der Waals surface area (Å²) < 4.78 is 10.6. The minimum Gasteiger partial charge on any atom is -0.442 e. The highest BCUT2D eigenvalue weighted by Gasteiger charge is 2.30. The van der Waals surface area contributed by atoms with Crippen molar-refractivity contribution in [3.05, 3.63) is 18.2 Å². The van der Waals surface area contributed by atoms with Gasteiger partial charge in [0.25, 0.3) is 0 Å². The van der Waals surface area contributed by atoms with E-state index in [4.69, 9.17) is 15.2 Å². The van der Waals surface area contributed by atoms with Crippen molar-refractivity contribution in [2.45, 2.75) is 13.2 Å². The molecule has 5 nitrogen and oxygen atoms in total. The van der Waals surface area contributed by atoms with E-state index in [2.05, 4.69) is 5.32 Å². The summed E-state index contributed by atoms with van der Waals surface area (Å²) in [6.45, 7) is 2.37. The minimum atomic E-state index is -0.901. The first-order valence-electron chi connectivity index (χ1n) is 4.71. The largest absolute Gasteiger partial charge is 0.442 e. The number of fused-ring (bicyclic) bond motifs is 1. The van der Waals surface area contributed by atoms with Crippen LogP contribution in [0.3, 0.4) is 0 Å². The molecular weight excluding hydrogens is 196 g/mol. The number of hydrogen-bond donors (Lipinski definition) is 2. The lowest BCUT2D eigenvalue weighted by Crippen LogP contribution is -2.39. The lowest BCUT2D eigenvalue weighted by molar-refractivity contribution is -0.136. The zero-order chi connectivity index (χ0) is 10.8. The summed E-state index contributed by atoms with van der Waals surface area (Å²) >= 11 is 0. The third kappa shape index (κ3) is 1.81. The minimum absolute atomic E-state index is 0.285. The molecule has 1 aliphatic rings. The number of carbonyl (C=O) groups is 1. The van der Waals surface area contributed by atoms with Crippen LogP contribution in [0.15, 0.2) is 18.2 Å². The summed E-state index contributed by atoms with van der Waals surface area (Å²) in [6.07, 6.45) is -0.901. The Labute approximate surface area is 87.2 Å². The van der Waals surface area contributed by atoms with Gasteiger partial charge in [0.1, 0.15) is 0 Å². The fourth-order valence-corrected chi connectivity index (χ4v) is 1.33. The van der Waals surface area contributed by atoms with E-state index in [0.717, 1.165) is 0 Å². The Morgan fingerprint density at radius 3 is 2.93 bits per heavy atom. The maximum Gasteiger partial charge on any atom is 0.321 e. The molecule has 80 valence electrons. The Morgan fingerprint density at radius 2 is 2.20 bits per heavy atom. The Hall–Kier alpha value is -1.91. The molecule has 1 heterocycles. The molecule has 0 fully saturated rings. The molecule has 1 aromatic rings. The molecule has 2 rings (SSSR count). The number of anilines is 1. The third-order valence-electron chi connectivity index (χ3n) is 2.00. The van der Waals surface area contributed by atoms with Gasteiger partial charge in [0.05, 0.1) is 0 Å². The number of ether oxygens (including phenoxy) is 2. The first kappa shape index (κ1) is 9.64. The van der Waals surface area contributed by atoms with E-state index in [1.807, 2.05) is 6.92 Å². The number of hydrogen-bond acceptors (Lipinski definition) is 4. The molecular formula is C10H12N2O3. The van der Waals surface area contributed by atoms with Gasteiger partial charge in [-0.3, -0.25) is 4.79 Å². The fourth-order valence-electron chi connectivity index (χ4n) is 1.33. The van der Waals surface area contributed by atoms with Gasteiger partial charge in [-0.25, -0.2) is 0 Å². The van der Waals surface area contributed by atoms with Gasteiger partial charge >= 0.3 is 12.2 Å². The van der Waals surface area contributed by atoms with Crippen LogP contribution in [-0.2, 0) is 4.79 Å². The topological polar surface area (TPSA) is 73.6 Å². The molecule has 1 unspecified atom stereocenters. The summed E-state index contributed by atoms with van der Waals surface area (Å²) in [5.74, 6) is 0.763. The highest BCUT2D eigenvalue weighted by molar-refractivity contribution is 5.81. The van der Waals surface area contributed by atoms with Gasteiger partial charge in [0, 0.05) is 18.3 Å². The maximum atomic E-state index is 11.4. The zero-order valence-electron chi connectivity index (χ0n) is 8.32. The molecule has 0 bridgehead atoms. The Morgan fingerprint density at radius 1 is 1.47 bits per heavy atom. The summed E-state index contributed by atoms with van der Waals surface area (Å²) in [5, 5.41) is 2.62. The smallest absolute Gasteiger partial charge is 0.321 e. The number of benzene rings is 1. The third-order valence-corrected chi connectivity index (χ3v) is 2.00. The molecule has 15 heavy (non-hydrogen) atoms. The first-order chi connectivity index (χ1) is 7.20. The molecule has 0 aliphatic carbocycles. The van der Waals surface area contributed by atoms with Gasteiger partial charge in [-0.15, -0.1) is 0 Å². The summed E-state index contributed by atoms with van der Waals surface area (Å²) in [5.41, 5.74) is 6.15. The van der Waals surface area contributed by atoms with E-state index in [0.29, 0.717) is 23.7 Å². The van der Waals surface area contributed by atoms with Gasteiger partial charge in [-0.1, -0.05) is 0 Å². The SMILES string of the molecule is CCNC(=O)C1Oc2ccc(N)cc2O1. The lowest BCUT2D eigenvalue weighted by atomic mass is 10.3.